The van der Waals surface area contributed by atoms with Crippen LogP contribution < -0.4 is 4.90 Å². The van der Waals surface area contributed by atoms with Crippen LogP contribution in [0.25, 0.3) is 0 Å². The summed E-state index contributed by atoms with van der Waals surface area (Å²) in [7, 11) is 0. The summed E-state index contributed by atoms with van der Waals surface area (Å²) < 4.78 is 39.6. The number of hydrogen-bond donors (Lipinski definition) is 0. The highest BCUT2D eigenvalue weighted by molar-refractivity contribution is 5.59. The van der Waals surface area contributed by atoms with E-state index in [-0.39, 0.29) is 5.69 Å². The summed E-state index contributed by atoms with van der Waals surface area (Å²) in [5.41, 5.74) is -1.47. The van der Waals surface area contributed by atoms with Crippen LogP contribution in [-0.4, -0.2) is 42.0 Å². The SMILES string of the molecule is CC(C)N1CCN(c2ccc([N+](=O)[O-])cc2C(F)(F)F)CC1. The lowest BCUT2D eigenvalue weighted by atomic mass is 10.1. The molecule has 0 saturated carbocycles. The highest BCUT2D eigenvalue weighted by atomic mass is 19.4. The van der Waals surface area contributed by atoms with E-state index in [0.717, 1.165) is 6.07 Å². The fourth-order valence-corrected chi connectivity index (χ4v) is 2.62. The van der Waals surface area contributed by atoms with Crippen molar-refractivity contribution in [2.24, 2.45) is 0 Å². The van der Waals surface area contributed by atoms with Gasteiger partial charge in [-0.1, -0.05) is 0 Å². The summed E-state index contributed by atoms with van der Waals surface area (Å²) >= 11 is 0. The van der Waals surface area contributed by atoms with Crippen LogP contribution in [0, 0.1) is 10.1 Å². The molecule has 0 atom stereocenters. The van der Waals surface area contributed by atoms with Crippen LogP contribution >= 0.6 is 0 Å². The van der Waals surface area contributed by atoms with E-state index in [1.807, 2.05) is 13.8 Å². The third-order valence-electron chi connectivity index (χ3n) is 3.88. The van der Waals surface area contributed by atoms with E-state index in [1.165, 1.54) is 6.07 Å². The van der Waals surface area contributed by atoms with Gasteiger partial charge in [-0.25, -0.2) is 0 Å². The van der Waals surface area contributed by atoms with Gasteiger partial charge in [-0.05, 0) is 19.9 Å². The number of nitro benzene ring substituents is 1. The molecule has 0 aromatic heterocycles. The second-order valence-corrected chi connectivity index (χ2v) is 5.57. The number of nitro groups is 1. The van der Waals surface area contributed by atoms with Gasteiger partial charge in [0.15, 0.2) is 0 Å². The van der Waals surface area contributed by atoms with E-state index >= 15 is 0 Å². The van der Waals surface area contributed by atoms with Gasteiger partial charge >= 0.3 is 6.18 Å². The van der Waals surface area contributed by atoms with Crippen molar-refractivity contribution >= 4 is 11.4 Å². The third-order valence-corrected chi connectivity index (χ3v) is 3.88. The van der Waals surface area contributed by atoms with Crippen LogP contribution in [-0.2, 0) is 6.18 Å². The Morgan fingerprint density at radius 2 is 1.77 bits per heavy atom. The first-order valence-electron chi connectivity index (χ1n) is 7.05. The number of piperazine rings is 1. The second-order valence-electron chi connectivity index (χ2n) is 5.57. The molecular weight excluding hydrogens is 299 g/mol. The minimum Gasteiger partial charge on any atom is -0.368 e. The fourth-order valence-electron chi connectivity index (χ4n) is 2.62. The van der Waals surface area contributed by atoms with Gasteiger partial charge in [-0.15, -0.1) is 0 Å². The van der Waals surface area contributed by atoms with Crippen LogP contribution in [0.4, 0.5) is 24.5 Å². The van der Waals surface area contributed by atoms with Crippen LogP contribution in [0.5, 0.6) is 0 Å². The zero-order chi connectivity index (χ0) is 16.5. The van der Waals surface area contributed by atoms with Crippen molar-refractivity contribution in [2.45, 2.75) is 26.1 Å². The third kappa shape index (κ3) is 3.49. The van der Waals surface area contributed by atoms with E-state index in [2.05, 4.69) is 4.90 Å². The fraction of sp³-hybridized carbons (Fsp3) is 0.571. The smallest absolute Gasteiger partial charge is 0.368 e. The molecule has 1 aromatic carbocycles. The van der Waals surface area contributed by atoms with Crippen molar-refractivity contribution in [3.05, 3.63) is 33.9 Å². The predicted molar refractivity (Wildman–Crippen MR) is 77.0 cm³/mol. The quantitative estimate of drug-likeness (QED) is 0.635. The van der Waals surface area contributed by atoms with Gasteiger partial charge in [0.1, 0.15) is 0 Å². The first-order chi connectivity index (χ1) is 10.2. The first kappa shape index (κ1) is 16.5. The van der Waals surface area contributed by atoms with Crippen molar-refractivity contribution in [1.82, 2.24) is 4.90 Å². The largest absolute Gasteiger partial charge is 0.418 e. The Labute approximate surface area is 126 Å². The molecule has 1 fully saturated rings. The summed E-state index contributed by atoms with van der Waals surface area (Å²) in [6.07, 6.45) is -4.61. The van der Waals surface area contributed by atoms with Gasteiger partial charge in [0, 0.05) is 50.0 Å². The molecule has 1 aliphatic rings. The van der Waals surface area contributed by atoms with Crippen molar-refractivity contribution in [2.75, 3.05) is 31.1 Å². The normalized spacial score (nSPS) is 17.1. The topological polar surface area (TPSA) is 49.6 Å². The Morgan fingerprint density at radius 3 is 2.23 bits per heavy atom. The maximum Gasteiger partial charge on any atom is 0.418 e. The molecule has 0 spiro atoms. The van der Waals surface area contributed by atoms with E-state index in [1.54, 1.807) is 4.90 Å². The van der Waals surface area contributed by atoms with Crippen LogP contribution in [0.3, 0.4) is 0 Å². The maximum absolute atomic E-state index is 13.2. The van der Waals surface area contributed by atoms with Crippen LogP contribution in [0.15, 0.2) is 18.2 Å². The van der Waals surface area contributed by atoms with Gasteiger partial charge in [0.2, 0.25) is 0 Å². The number of anilines is 1. The van der Waals surface area contributed by atoms with Crippen molar-refractivity contribution in [3.8, 4) is 0 Å². The van der Waals surface area contributed by atoms with E-state index in [4.69, 9.17) is 0 Å². The summed E-state index contributed by atoms with van der Waals surface area (Å²) in [5, 5.41) is 10.7. The number of halogens is 3. The maximum atomic E-state index is 13.2. The summed E-state index contributed by atoms with van der Waals surface area (Å²) in [6.45, 7) is 6.38. The number of nitrogens with zero attached hydrogens (tertiary/aromatic N) is 3. The molecule has 1 aliphatic heterocycles. The number of benzene rings is 1. The van der Waals surface area contributed by atoms with Crippen LogP contribution in [0.2, 0.25) is 0 Å². The zero-order valence-corrected chi connectivity index (χ0v) is 12.4. The lowest BCUT2D eigenvalue weighted by Crippen LogP contribution is -2.49. The molecular formula is C14H18F3N3O2. The lowest BCUT2D eigenvalue weighted by molar-refractivity contribution is -0.385. The Hall–Kier alpha value is -1.83. The Balaban J connectivity index is 2.29. The van der Waals surface area contributed by atoms with E-state index < -0.39 is 22.4 Å². The zero-order valence-electron chi connectivity index (χ0n) is 12.4. The summed E-state index contributed by atoms with van der Waals surface area (Å²) in [6, 6.07) is 3.29. The minimum absolute atomic E-state index is 0.0153. The first-order valence-corrected chi connectivity index (χ1v) is 7.05. The molecule has 122 valence electrons. The molecule has 0 radical (unpaired) electrons. The second kappa shape index (κ2) is 6.12. The van der Waals surface area contributed by atoms with Gasteiger partial charge in [-0.2, -0.15) is 13.2 Å². The standard InChI is InChI=1S/C14H18F3N3O2/c1-10(2)18-5-7-19(8-6-18)13-4-3-11(20(21)22)9-12(13)14(15,16)17/h3-4,9-10H,5-8H2,1-2H3. The molecule has 1 heterocycles. The molecule has 5 nitrogen and oxygen atoms in total. The molecule has 8 heteroatoms. The number of non-ortho nitro benzene ring substituents is 1. The van der Waals surface area contributed by atoms with Crippen LogP contribution in [0.1, 0.15) is 19.4 Å². The van der Waals surface area contributed by atoms with Crippen molar-refractivity contribution in [1.29, 1.82) is 0 Å². The Kier molecular flexibility index (Phi) is 4.60. The molecule has 22 heavy (non-hydrogen) atoms. The van der Waals surface area contributed by atoms with Gasteiger partial charge in [0.05, 0.1) is 10.5 Å². The molecule has 0 aliphatic carbocycles. The number of alkyl halides is 3. The molecule has 0 amide bonds. The molecule has 0 unspecified atom stereocenters. The average molecular weight is 317 g/mol. The molecule has 1 saturated heterocycles. The highest BCUT2D eigenvalue weighted by Gasteiger charge is 2.37. The van der Waals surface area contributed by atoms with Gasteiger partial charge in [0.25, 0.3) is 5.69 Å². The highest BCUT2D eigenvalue weighted by Crippen LogP contribution is 2.39. The van der Waals surface area contributed by atoms with Gasteiger partial charge in [-0.3, -0.25) is 15.0 Å². The van der Waals surface area contributed by atoms with Crippen molar-refractivity contribution < 1.29 is 18.1 Å². The predicted octanol–water partition coefficient (Wildman–Crippen LogP) is 3.14. The Morgan fingerprint density at radius 1 is 1.18 bits per heavy atom. The molecule has 1 aromatic rings. The minimum atomic E-state index is -4.61. The average Bonchev–Trinajstić information content (AvgIpc) is 2.45. The van der Waals surface area contributed by atoms with Gasteiger partial charge < -0.3 is 4.90 Å². The Bertz CT molecular complexity index is 553. The number of hydrogen-bond acceptors (Lipinski definition) is 4. The van der Waals surface area contributed by atoms with Crippen molar-refractivity contribution in [3.63, 3.8) is 0 Å². The monoisotopic (exact) mass is 317 g/mol. The molecule has 2 rings (SSSR count). The van der Waals surface area contributed by atoms with E-state index in [0.29, 0.717) is 38.3 Å². The number of rotatable bonds is 3. The lowest BCUT2D eigenvalue weighted by Gasteiger charge is -2.38. The molecule has 0 bridgehead atoms. The summed E-state index contributed by atoms with van der Waals surface area (Å²) in [5.74, 6) is 0. The van der Waals surface area contributed by atoms with E-state index in [9.17, 15) is 23.3 Å². The molecule has 0 N–H and O–H groups in total. The summed E-state index contributed by atoms with van der Waals surface area (Å²) in [4.78, 5) is 13.7.